The minimum absolute atomic E-state index is 0.0702. The van der Waals surface area contributed by atoms with E-state index in [9.17, 15) is 9.59 Å². The number of aromatic amines is 1. The van der Waals surface area contributed by atoms with Gasteiger partial charge in [-0.15, -0.1) is 0 Å². The van der Waals surface area contributed by atoms with Crippen LogP contribution in [-0.2, 0) is 9.59 Å². The minimum atomic E-state index is -0.197. The summed E-state index contributed by atoms with van der Waals surface area (Å²) in [5, 5.41) is 9.35. The highest BCUT2D eigenvalue weighted by Crippen LogP contribution is 2.11. The molecule has 0 unspecified atom stereocenters. The normalized spacial score (nSPS) is 16.5. The summed E-state index contributed by atoms with van der Waals surface area (Å²) >= 11 is 0. The Hall–Kier alpha value is -1.85. The van der Waals surface area contributed by atoms with Crippen molar-refractivity contribution in [1.82, 2.24) is 15.1 Å². The molecule has 6 nitrogen and oxygen atoms in total. The lowest BCUT2D eigenvalue weighted by atomic mass is 10.2. The van der Waals surface area contributed by atoms with E-state index in [0.29, 0.717) is 18.8 Å². The van der Waals surface area contributed by atoms with E-state index in [1.54, 1.807) is 11.0 Å². The quantitative estimate of drug-likeness (QED) is 0.842. The molecule has 0 bridgehead atoms. The third-order valence-corrected chi connectivity index (χ3v) is 2.98. The molecule has 1 aliphatic rings. The van der Waals surface area contributed by atoms with Crippen molar-refractivity contribution in [2.75, 3.05) is 18.4 Å². The molecule has 1 aromatic rings. The van der Waals surface area contributed by atoms with Crippen molar-refractivity contribution in [3.8, 4) is 0 Å². The highest BCUT2D eigenvalue weighted by atomic mass is 16.2. The van der Waals surface area contributed by atoms with Gasteiger partial charge in [0.15, 0.2) is 5.82 Å². The molecule has 1 fully saturated rings. The number of amides is 2. The Morgan fingerprint density at radius 1 is 1.50 bits per heavy atom. The zero-order valence-electron chi connectivity index (χ0n) is 10.5. The number of aromatic nitrogens is 2. The van der Waals surface area contributed by atoms with Crippen LogP contribution in [-0.4, -0.2) is 40.0 Å². The van der Waals surface area contributed by atoms with Crippen LogP contribution in [0.3, 0.4) is 0 Å². The second kappa shape index (κ2) is 5.66. The SMILES string of the molecule is Cc1cc(NC(=O)CN2CCCCCC2=O)n[nH]1. The summed E-state index contributed by atoms with van der Waals surface area (Å²) in [4.78, 5) is 25.1. The Morgan fingerprint density at radius 2 is 2.33 bits per heavy atom. The van der Waals surface area contributed by atoms with Crippen LogP contribution in [0, 0.1) is 6.92 Å². The van der Waals surface area contributed by atoms with Gasteiger partial charge in [-0.2, -0.15) is 5.10 Å². The number of hydrogen-bond donors (Lipinski definition) is 2. The molecule has 6 heteroatoms. The van der Waals surface area contributed by atoms with Gasteiger partial charge in [-0.3, -0.25) is 14.7 Å². The fourth-order valence-electron chi connectivity index (χ4n) is 2.04. The smallest absolute Gasteiger partial charge is 0.245 e. The molecule has 1 saturated heterocycles. The van der Waals surface area contributed by atoms with Gasteiger partial charge in [0.05, 0.1) is 6.54 Å². The van der Waals surface area contributed by atoms with Crippen LogP contribution in [0.1, 0.15) is 31.4 Å². The van der Waals surface area contributed by atoms with Crippen molar-refractivity contribution < 1.29 is 9.59 Å². The van der Waals surface area contributed by atoms with Crippen molar-refractivity contribution in [3.63, 3.8) is 0 Å². The van der Waals surface area contributed by atoms with Crippen LogP contribution < -0.4 is 5.32 Å². The highest BCUT2D eigenvalue weighted by molar-refractivity contribution is 5.93. The number of nitrogens with zero attached hydrogens (tertiary/aromatic N) is 2. The molecule has 0 aliphatic carbocycles. The van der Waals surface area contributed by atoms with Crippen molar-refractivity contribution in [2.45, 2.75) is 32.6 Å². The summed E-state index contributed by atoms with van der Waals surface area (Å²) in [7, 11) is 0. The first kappa shape index (κ1) is 12.6. The van der Waals surface area contributed by atoms with Crippen LogP contribution in [0.5, 0.6) is 0 Å². The number of hydrogen-bond acceptors (Lipinski definition) is 3. The van der Waals surface area contributed by atoms with Crippen molar-refractivity contribution >= 4 is 17.6 Å². The van der Waals surface area contributed by atoms with Gasteiger partial charge in [0, 0.05) is 24.7 Å². The molecule has 98 valence electrons. The fourth-order valence-corrected chi connectivity index (χ4v) is 2.04. The number of aryl methyl sites for hydroxylation is 1. The van der Waals surface area contributed by atoms with Crippen LogP contribution in [0.4, 0.5) is 5.82 Å². The van der Waals surface area contributed by atoms with E-state index < -0.39 is 0 Å². The third-order valence-electron chi connectivity index (χ3n) is 2.98. The fraction of sp³-hybridized carbons (Fsp3) is 0.583. The maximum Gasteiger partial charge on any atom is 0.245 e. The number of nitrogens with one attached hydrogen (secondary N) is 2. The number of H-pyrrole nitrogens is 1. The predicted octanol–water partition coefficient (Wildman–Crippen LogP) is 1.06. The van der Waals surface area contributed by atoms with Crippen LogP contribution in [0.15, 0.2) is 6.07 Å². The zero-order valence-corrected chi connectivity index (χ0v) is 10.5. The molecule has 2 heterocycles. The zero-order chi connectivity index (χ0) is 13.0. The van der Waals surface area contributed by atoms with Gasteiger partial charge >= 0.3 is 0 Å². The van der Waals surface area contributed by atoms with Gasteiger partial charge in [-0.05, 0) is 19.8 Å². The van der Waals surface area contributed by atoms with Gasteiger partial charge < -0.3 is 10.2 Å². The lowest BCUT2D eigenvalue weighted by molar-refractivity contribution is -0.134. The Balaban J connectivity index is 1.88. The molecule has 2 amide bonds. The first-order valence-electron chi connectivity index (χ1n) is 6.25. The molecule has 1 aliphatic heterocycles. The molecule has 2 rings (SSSR count). The Labute approximate surface area is 106 Å². The number of carbonyl (C=O) groups is 2. The third kappa shape index (κ3) is 3.32. The predicted molar refractivity (Wildman–Crippen MR) is 67.0 cm³/mol. The number of carbonyl (C=O) groups excluding carboxylic acids is 2. The molecule has 2 N–H and O–H groups in total. The average Bonchev–Trinajstić information content (AvgIpc) is 2.61. The molecule has 0 saturated carbocycles. The van der Waals surface area contributed by atoms with E-state index >= 15 is 0 Å². The van der Waals surface area contributed by atoms with E-state index in [0.717, 1.165) is 25.0 Å². The summed E-state index contributed by atoms with van der Waals surface area (Å²) in [5.74, 6) is 0.373. The molecule has 0 aromatic carbocycles. The average molecular weight is 250 g/mol. The molecule has 18 heavy (non-hydrogen) atoms. The molecular weight excluding hydrogens is 232 g/mol. The monoisotopic (exact) mass is 250 g/mol. The summed E-state index contributed by atoms with van der Waals surface area (Å²) < 4.78 is 0. The standard InChI is InChI=1S/C12H18N4O2/c1-9-7-10(15-14-9)13-11(17)8-16-6-4-2-3-5-12(16)18/h7H,2-6,8H2,1H3,(H2,13,14,15,17). The van der Waals surface area contributed by atoms with E-state index in [1.807, 2.05) is 6.92 Å². The Morgan fingerprint density at radius 3 is 3.06 bits per heavy atom. The van der Waals surface area contributed by atoms with Gasteiger partial charge in [-0.25, -0.2) is 0 Å². The lowest BCUT2D eigenvalue weighted by Crippen LogP contribution is -2.37. The number of likely N-dealkylation sites (tertiary alicyclic amines) is 1. The largest absolute Gasteiger partial charge is 0.333 e. The second-order valence-electron chi connectivity index (χ2n) is 4.61. The van der Waals surface area contributed by atoms with Crippen molar-refractivity contribution in [2.24, 2.45) is 0 Å². The van der Waals surface area contributed by atoms with E-state index in [2.05, 4.69) is 15.5 Å². The van der Waals surface area contributed by atoms with Crippen LogP contribution in [0.25, 0.3) is 0 Å². The van der Waals surface area contributed by atoms with Gasteiger partial charge in [0.1, 0.15) is 0 Å². The molecular formula is C12H18N4O2. The van der Waals surface area contributed by atoms with Crippen LogP contribution >= 0.6 is 0 Å². The summed E-state index contributed by atoms with van der Waals surface area (Å²) in [5.41, 5.74) is 0.885. The molecule has 0 spiro atoms. The Bertz CT molecular complexity index is 441. The highest BCUT2D eigenvalue weighted by Gasteiger charge is 2.19. The van der Waals surface area contributed by atoms with Crippen molar-refractivity contribution in [3.05, 3.63) is 11.8 Å². The first-order valence-corrected chi connectivity index (χ1v) is 6.25. The molecule has 1 aromatic heterocycles. The minimum Gasteiger partial charge on any atom is -0.333 e. The maximum absolute atomic E-state index is 11.8. The lowest BCUT2D eigenvalue weighted by Gasteiger charge is -2.19. The van der Waals surface area contributed by atoms with Crippen molar-refractivity contribution in [1.29, 1.82) is 0 Å². The Kier molecular flexibility index (Phi) is 3.96. The summed E-state index contributed by atoms with van der Waals surface area (Å²) in [6, 6.07) is 1.75. The number of rotatable bonds is 3. The second-order valence-corrected chi connectivity index (χ2v) is 4.61. The molecule has 0 atom stereocenters. The topological polar surface area (TPSA) is 78.1 Å². The molecule has 0 radical (unpaired) electrons. The van der Waals surface area contributed by atoms with E-state index in [-0.39, 0.29) is 18.4 Å². The number of anilines is 1. The summed E-state index contributed by atoms with van der Waals surface area (Å²) in [6.45, 7) is 2.65. The van der Waals surface area contributed by atoms with Crippen LogP contribution in [0.2, 0.25) is 0 Å². The van der Waals surface area contributed by atoms with Gasteiger partial charge in [0.25, 0.3) is 0 Å². The summed E-state index contributed by atoms with van der Waals surface area (Å²) in [6.07, 6.45) is 3.51. The van der Waals surface area contributed by atoms with Gasteiger partial charge in [0.2, 0.25) is 11.8 Å². The first-order chi connectivity index (χ1) is 8.65. The van der Waals surface area contributed by atoms with E-state index in [1.165, 1.54) is 0 Å². The maximum atomic E-state index is 11.8. The van der Waals surface area contributed by atoms with E-state index in [4.69, 9.17) is 0 Å². The van der Waals surface area contributed by atoms with Gasteiger partial charge in [-0.1, -0.05) is 6.42 Å².